The Morgan fingerprint density at radius 3 is 2.79 bits per heavy atom. The molecular weight excluding hydrogens is 236 g/mol. The first kappa shape index (κ1) is 14.6. The molecular formula is C16H28N2O. The van der Waals surface area contributed by atoms with Gasteiger partial charge >= 0.3 is 0 Å². The van der Waals surface area contributed by atoms with E-state index < -0.39 is 0 Å². The second-order valence-corrected chi connectivity index (χ2v) is 5.67. The lowest BCUT2D eigenvalue weighted by atomic mass is 10.2. The molecule has 1 aliphatic rings. The van der Waals surface area contributed by atoms with Crippen molar-refractivity contribution >= 4 is 0 Å². The van der Waals surface area contributed by atoms with E-state index in [-0.39, 0.29) is 0 Å². The summed E-state index contributed by atoms with van der Waals surface area (Å²) in [6.45, 7) is 10.7. The predicted octanol–water partition coefficient (Wildman–Crippen LogP) is 3.46. The lowest BCUT2D eigenvalue weighted by molar-refractivity contribution is 0.250. The molecule has 1 saturated carbocycles. The lowest BCUT2D eigenvalue weighted by Gasteiger charge is -2.18. The van der Waals surface area contributed by atoms with Crippen LogP contribution in [0.2, 0.25) is 0 Å². The van der Waals surface area contributed by atoms with Crippen LogP contribution in [0, 0.1) is 6.92 Å². The third-order valence-electron chi connectivity index (χ3n) is 3.88. The van der Waals surface area contributed by atoms with Crippen molar-refractivity contribution in [2.24, 2.45) is 0 Å². The SMILES string of the molecule is CCCCN(CC)Cc1cc(CNC2CC2)c(C)o1. The molecule has 3 nitrogen and oxygen atoms in total. The van der Waals surface area contributed by atoms with Crippen LogP contribution >= 0.6 is 0 Å². The molecule has 0 atom stereocenters. The van der Waals surface area contributed by atoms with E-state index in [1.165, 1.54) is 37.8 Å². The van der Waals surface area contributed by atoms with Crippen LogP contribution in [0.15, 0.2) is 10.5 Å². The maximum Gasteiger partial charge on any atom is 0.118 e. The van der Waals surface area contributed by atoms with Crippen molar-refractivity contribution in [1.29, 1.82) is 0 Å². The lowest BCUT2D eigenvalue weighted by Crippen LogP contribution is -2.23. The van der Waals surface area contributed by atoms with Crippen molar-refractivity contribution in [3.05, 3.63) is 23.2 Å². The van der Waals surface area contributed by atoms with Gasteiger partial charge in [-0.2, -0.15) is 0 Å². The van der Waals surface area contributed by atoms with Crippen molar-refractivity contribution in [2.45, 2.75) is 65.6 Å². The van der Waals surface area contributed by atoms with Gasteiger partial charge in [0.15, 0.2) is 0 Å². The summed E-state index contributed by atoms with van der Waals surface area (Å²) in [7, 11) is 0. The van der Waals surface area contributed by atoms with Crippen molar-refractivity contribution < 1.29 is 4.42 Å². The second kappa shape index (κ2) is 7.11. The Bertz CT molecular complexity index is 382. The van der Waals surface area contributed by atoms with E-state index in [1.54, 1.807) is 0 Å². The molecule has 2 rings (SSSR count). The van der Waals surface area contributed by atoms with Gasteiger partial charge in [-0.3, -0.25) is 4.90 Å². The summed E-state index contributed by atoms with van der Waals surface area (Å²) in [5.41, 5.74) is 1.33. The number of nitrogens with zero attached hydrogens (tertiary/aromatic N) is 1. The van der Waals surface area contributed by atoms with Gasteiger partial charge in [0.2, 0.25) is 0 Å². The van der Waals surface area contributed by atoms with E-state index in [0.717, 1.165) is 37.2 Å². The molecule has 1 heterocycles. The van der Waals surface area contributed by atoms with Gasteiger partial charge in [-0.15, -0.1) is 0 Å². The normalized spacial score (nSPS) is 15.4. The highest BCUT2D eigenvalue weighted by Gasteiger charge is 2.21. The zero-order valence-electron chi connectivity index (χ0n) is 12.7. The molecule has 0 bridgehead atoms. The molecule has 1 aromatic heterocycles. The Morgan fingerprint density at radius 1 is 1.37 bits per heavy atom. The smallest absolute Gasteiger partial charge is 0.118 e. The Hall–Kier alpha value is -0.800. The maximum atomic E-state index is 5.90. The molecule has 0 spiro atoms. The third kappa shape index (κ3) is 4.66. The van der Waals surface area contributed by atoms with Crippen LogP contribution in [0.3, 0.4) is 0 Å². The summed E-state index contributed by atoms with van der Waals surface area (Å²) < 4.78 is 5.90. The molecule has 0 unspecified atom stereocenters. The highest BCUT2D eigenvalue weighted by Crippen LogP contribution is 2.21. The number of unbranched alkanes of at least 4 members (excludes halogenated alkanes) is 1. The maximum absolute atomic E-state index is 5.90. The van der Waals surface area contributed by atoms with Crippen molar-refractivity contribution in [1.82, 2.24) is 10.2 Å². The summed E-state index contributed by atoms with van der Waals surface area (Å²) in [6, 6.07) is 2.99. The Labute approximate surface area is 117 Å². The first-order chi connectivity index (χ1) is 9.22. The highest BCUT2D eigenvalue weighted by atomic mass is 16.3. The third-order valence-corrected chi connectivity index (χ3v) is 3.88. The minimum absolute atomic E-state index is 0.759. The van der Waals surface area contributed by atoms with Gasteiger partial charge in [0, 0.05) is 18.2 Å². The van der Waals surface area contributed by atoms with Crippen molar-refractivity contribution in [3.8, 4) is 0 Å². The minimum Gasteiger partial charge on any atom is -0.465 e. The quantitative estimate of drug-likeness (QED) is 0.740. The predicted molar refractivity (Wildman–Crippen MR) is 79.2 cm³/mol. The van der Waals surface area contributed by atoms with Crippen LogP contribution in [-0.2, 0) is 13.1 Å². The van der Waals surface area contributed by atoms with Crippen LogP contribution < -0.4 is 5.32 Å². The largest absolute Gasteiger partial charge is 0.465 e. The van der Waals surface area contributed by atoms with Crippen LogP contribution in [0.1, 0.15) is 56.6 Å². The fourth-order valence-electron chi connectivity index (χ4n) is 2.33. The van der Waals surface area contributed by atoms with E-state index in [2.05, 4.69) is 37.1 Å². The average Bonchev–Trinajstić information content (AvgIpc) is 3.17. The fourth-order valence-corrected chi connectivity index (χ4v) is 2.33. The molecule has 1 aromatic rings. The van der Waals surface area contributed by atoms with Gasteiger partial charge < -0.3 is 9.73 Å². The molecule has 19 heavy (non-hydrogen) atoms. The van der Waals surface area contributed by atoms with E-state index in [4.69, 9.17) is 4.42 Å². The molecule has 1 N–H and O–H groups in total. The molecule has 1 aliphatic carbocycles. The number of hydrogen-bond donors (Lipinski definition) is 1. The van der Waals surface area contributed by atoms with Crippen LogP contribution in [-0.4, -0.2) is 24.0 Å². The van der Waals surface area contributed by atoms with Crippen LogP contribution in [0.4, 0.5) is 0 Å². The van der Waals surface area contributed by atoms with Gasteiger partial charge in [-0.1, -0.05) is 20.3 Å². The zero-order chi connectivity index (χ0) is 13.7. The molecule has 108 valence electrons. The van der Waals surface area contributed by atoms with Gasteiger partial charge in [-0.25, -0.2) is 0 Å². The summed E-state index contributed by atoms with van der Waals surface area (Å²) in [5.74, 6) is 2.19. The van der Waals surface area contributed by atoms with Gasteiger partial charge in [0.1, 0.15) is 11.5 Å². The Balaban J connectivity index is 1.86. The van der Waals surface area contributed by atoms with E-state index in [9.17, 15) is 0 Å². The van der Waals surface area contributed by atoms with Gasteiger partial charge in [0.05, 0.1) is 6.54 Å². The summed E-state index contributed by atoms with van der Waals surface area (Å²) in [4.78, 5) is 2.46. The molecule has 0 saturated heterocycles. The van der Waals surface area contributed by atoms with E-state index in [0.29, 0.717) is 0 Å². The van der Waals surface area contributed by atoms with Crippen molar-refractivity contribution in [2.75, 3.05) is 13.1 Å². The summed E-state index contributed by atoms with van der Waals surface area (Å²) >= 11 is 0. The highest BCUT2D eigenvalue weighted by molar-refractivity contribution is 5.21. The molecule has 0 radical (unpaired) electrons. The molecule has 0 amide bonds. The number of hydrogen-bond acceptors (Lipinski definition) is 3. The van der Waals surface area contributed by atoms with Gasteiger partial charge in [-0.05, 0) is 45.3 Å². The van der Waals surface area contributed by atoms with E-state index >= 15 is 0 Å². The van der Waals surface area contributed by atoms with E-state index in [1.807, 2.05) is 0 Å². The molecule has 0 aromatic carbocycles. The Morgan fingerprint density at radius 2 is 2.16 bits per heavy atom. The number of rotatable bonds is 9. The van der Waals surface area contributed by atoms with Crippen LogP contribution in [0.5, 0.6) is 0 Å². The fraction of sp³-hybridized carbons (Fsp3) is 0.750. The minimum atomic E-state index is 0.759. The number of nitrogens with one attached hydrogen (secondary N) is 1. The molecule has 1 fully saturated rings. The standard InChI is InChI=1S/C16H28N2O/c1-4-6-9-18(5-2)12-16-10-14(13(3)19-16)11-17-15-7-8-15/h10,15,17H,4-9,11-12H2,1-3H3. The topological polar surface area (TPSA) is 28.4 Å². The number of aryl methyl sites for hydroxylation is 1. The second-order valence-electron chi connectivity index (χ2n) is 5.67. The Kier molecular flexibility index (Phi) is 5.46. The number of furan rings is 1. The average molecular weight is 264 g/mol. The molecule has 0 aliphatic heterocycles. The summed E-state index contributed by atoms with van der Waals surface area (Å²) in [5, 5.41) is 3.56. The van der Waals surface area contributed by atoms with Gasteiger partial charge in [0.25, 0.3) is 0 Å². The first-order valence-corrected chi connectivity index (χ1v) is 7.76. The molecule has 3 heteroatoms. The summed E-state index contributed by atoms with van der Waals surface area (Å²) in [6.07, 6.45) is 5.20. The van der Waals surface area contributed by atoms with Crippen molar-refractivity contribution in [3.63, 3.8) is 0 Å². The van der Waals surface area contributed by atoms with Crippen LogP contribution in [0.25, 0.3) is 0 Å². The first-order valence-electron chi connectivity index (χ1n) is 7.76. The monoisotopic (exact) mass is 264 g/mol. The zero-order valence-corrected chi connectivity index (χ0v) is 12.7.